The van der Waals surface area contributed by atoms with Crippen LogP contribution in [0.4, 0.5) is 0 Å². The molecule has 0 aliphatic carbocycles. The van der Waals surface area contributed by atoms with Gasteiger partial charge in [-0.1, -0.05) is 6.08 Å². The Kier molecular flexibility index (Phi) is 4.71. The van der Waals surface area contributed by atoms with Gasteiger partial charge >= 0.3 is 11.9 Å². The highest BCUT2D eigenvalue weighted by molar-refractivity contribution is 5.92. The molecule has 0 saturated carbocycles. The van der Waals surface area contributed by atoms with Gasteiger partial charge in [0, 0.05) is 0 Å². The predicted molar refractivity (Wildman–Crippen MR) is 47.3 cm³/mol. The van der Waals surface area contributed by atoms with Crippen molar-refractivity contribution in [2.45, 2.75) is 6.42 Å². The lowest BCUT2D eigenvalue weighted by Gasteiger charge is -2.02. The lowest BCUT2D eigenvalue weighted by atomic mass is 10.0. The Morgan fingerprint density at radius 2 is 2.07 bits per heavy atom. The first kappa shape index (κ1) is 11.9. The number of aliphatic carboxylic acids is 2. The number of carbonyl (C=O) groups is 2. The molecule has 74 valence electrons. The van der Waals surface area contributed by atoms with Crippen LogP contribution < -0.4 is 0 Å². The van der Waals surface area contributed by atoms with Gasteiger partial charge in [-0.25, -0.2) is 4.79 Å². The summed E-state index contributed by atoms with van der Waals surface area (Å²) in [5.41, 5.74) is -0.570. The molecule has 14 heavy (non-hydrogen) atoms. The number of nitriles is 1. The first-order valence-electron chi connectivity index (χ1n) is 3.71. The van der Waals surface area contributed by atoms with Crippen molar-refractivity contribution in [2.75, 3.05) is 0 Å². The third kappa shape index (κ3) is 3.54. The molecule has 0 spiro atoms. The SMILES string of the molecule is C=CCC(C=C(C#N)C(=O)O)C(=O)O. The average molecular weight is 195 g/mol. The maximum absolute atomic E-state index is 10.6. The number of hydrogen-bond acceptors (Lipinski definition) is 3. The molecule has 0 radical (unpaired) electrons. The third-order valence-electron chi connectivity index (χ3n) is 1.46. The van der Waals surface area contributed by atoms with Crippen molar-refractivity contribution in [1.29, 1.82) is 5.26 Å². The molecular formula is C9H9NO4. The van der Waals surface area contributed by atoms with Gasteiger partial charge in [0.2, 0.25) is 0 Å². The van der Waals surface area contributed by atoms with Crippen LogP contribution in [0.25, 0.3) is 0 Å². The van der Waals surface area contributed by atoms with Crippen LogP contribution in [0, 0.1) is 17.2 Å². The van der Waals surface area contributed by atoms with E-state index in [1.807, 2.05) is 0 Å². The van der Waals surface area contributed by atoms with Gasteiger partial charge in [0.15, 0.2) is 0 Å². The fraction of sp³-hybridized carbons (Fsp3) is 0.222. The summed E-state index contributed by atoms with van der Waals surface area (Å²) in [6.45, 7) is 3.34. The monoisotopic (exact) mass is 195 g/mol. The summed E-state index contributed by atoms with van der Waals surface area (Å²) in [7, 11) is 0. The van der Waals surface area contributed by atoms with Crippen LogP contribution in [0.2, 0.25) is 0 Å². The molecular weight excluding hydrogens is 186 g/mol. The highest BCUT2D eigenvalue weighted by Crippen LogP contribution is 2.09. The van der Waals surface area contributed by atoms with Crippen molar-refractivity contribution in [3.63, 3.8) is 0 Å². The van der Waals surface area contributed by atoms with Crippen molar-refractivity contribution >= 4 is 11.9 Å². The molecule has 0 rings (SSSR count). The van der Waals surface area contributed by atoms with Gasteiger partial charge in [-0.2, -0.15) is 5.26 Å². The van der Waals surface area contributed by atoms with Gasteiger partial charge in [-0.3, -0.25) is 4.79 Å². The highest BCUT2D eigenvalue weighted by atomic mass is 16.4. The molecule has 0 saturated heterocycles. The van der Waals surface area contributed by atoms with Crippen molar-refractivity contribution in [1.82, 2.24) is 0 Å². The second kappa shape index (κ2) is 5.54. The maximum Gasteiger partial charge on any atom is 0.346 e. The second-order valence-electron chi connectivity index (χ2n) is 2.47. The number of nitrogens with zero attached hydrogens (tertiary/aromatic N) is 1. The molecule has 1 unspecified atom stereocenters. The summed E-state index contributed by atoms with van der Waals surface area (Å²) in [6.07, 6.45) is 2.35. The molecule has 1 atom stereocenters. The minimum Gasteiger partial charge on any atom is -0.481 e. The van der Waals surface area contributed by atoms with Crippen LogP contribution in [-0.2, 0) is 9.59 Å². The van der Waals surface area contributed by atoms with Gasteiger partial charge in [-0.15, -0.1) is 6.58 Å². The molecule has 0 aromatic heterocycles. The molecule has 0 aromatic carbocycles. The number of carboxylic acids is 2. The van der Waals surface area contributed by atoms with Crippen LogP contribution in [-0.4, -0.2) is 22.2 Å². The third-order valence-corrected chi connectivity index (χ3v) is 1.46. The zero-order chi connectivity index (χ0) is 11.1. The Hall–Kier alpha value is -2.09. The average Bonchev–Trinajstić information content (AvgIpc) is 2.11. The maximum atomic E-state index is 10.6. The van der Waals surface area contributed by atoms with E-state index in [1.165, 1.54) is 12.1 Å². The summed E-state index contributed by atoms with van der Waals surface area (Å²) in [5.74, 6) is -3.63. The summed E-state index contributed by atoms with van der Waals surface area (Å²) < 4.78 is 0. The van der Waals surface area contributed by atoms with Gasteiger partial charge < -0.3 is 10.2 Å². The first-order chi connectivity index (χ1) is 6.52. The van der Waals surface area contributed by atoms with E-state index in [2.05, 4.69) is 6.58 Å². The zero-order valence-corrected chi connectivity index (χ0v) is 7.30. The number of allylic oxidation sites excluding steroid dienone is 1. The molecule has 0 aromatic rings. The largest absolute Gasteiger partial charge is 0.481 e. The molecule has 5 nitrogen and oxygen atoms in total. The summed E-state index contributed by atoms with van der Waals surface area (Å²) >= 11 is 0. The van der Waals surface area contributed by atoms with E-state index in [4.69, 9.17) is 15.5 Å². The van der Waals surface area contributed by atoms with Gasteiger partial charge in [0.1, 0.15) is 11.6 Å². The van der Waals surface area contributed by atoms with Crippen molar-refractivity contribution in [2.24, 2.45) is 5.92 Å². The number of carboxylic acid groups (broad SMARTS) is 2. The minimum atomic E-state index is -1.43. The summed E-state index contributed by atoms with van der Waals surface area (Å²) in [6, 6.07) is 1.41. The van der Waals surface area contributed by atoms with Crippen LogP contribution in [0.5, 0.6) is 0 Å². The van der Waals surface area contributed by atoms with E-state index in [9.17, 15) is 9.59 Å². The summed E-state index contributed by atoms with van der Waals surface area (Å²) in [5, 5.41) is 25.5. The fourth-order valence-electron chi connectivity index (χ4n) is 0.777. The minimum absolute atomic E-state index is 0.0911. The molecule has 2 N–H and O–H groups in total. The van der Waals surface area contributed by atoms with Crippen LogP contribution in [0.1, 0.15) is 6.42 Å². The zero-order valence-electron chi connectivity index (χ0n) is 7.30. The topological polar surface area (TPSA) is 98.4 Å². The molecule has 0 aliphatic heterocycles. The van der Waals surface area contributed by atoms with Gasteiger partial charge in [0.25, 0.3) is 0 Å². The van der Waals surface area contributed by atoms with Gasteiger partial charge in [-0.05, 0) is 12.5 Å². The van der Waals surface area contributed by atoms with E-state index in [0.717, 1.165) is 6.08 Å². The first-order valence-corrected chi connectivity index (χ1v) is 3.71. The second-order valence-corrected chi connectivity index (χ2v) is 2.47. The van der Waals surface area contributed by atoms with Crippen LogP contribution in [0.15, 0.2) is 24.3 Å². The molecule has 0 aliphatic rings. The van der Waals surface area contributed by atoms with E-state index in [1.54, 1.807) is 0 Å². The molecule has 0 bridgehead atoms. The smallest absolute Gasteiger partial charge is 0.346 e. The normalized spacial score (nSPS) is 12.6. The quantitative estimate of drug-likeness (QED) is 0.384. The van der Waals surface area contributed by atoms with Crippen molar-refractivity contribution in [3.8, 4) is 6.07 Å². The van der Waals surface area contributed by atoms with E-state index in [0.29, 0.717) is 0 Å². The van der Waals surface area contributed by atoms with E-state index >= 15 is 0 Å². The lowest BCUT2D eigenvalue weighted by Crippen LogP contribution is -2.12. The Labute approximate surface area is 80.6 Å². The van der Waals surface area contributed by atoms with E-state index < -0.39 is 23.4 Å². The Morgan fingerprint density at radius 3 is 2.36 bits per heavy atom. The highest BCUT2D eigenvalue weighted by Gasteiger charge is 2.16. The predicted octanol–water partition coefficient (Wildman–Crippen LogP) is 0.798. The number of hydrogen-bond donors (Lipinski definition) is 2. The number of rotatable bonds is 5. The van der Waals surface area contributed by atoms with Crippen LogP contribution >= 0.6 is 0 Å². The fourth-order valence-corrected chi connectivity index (χ4v) is 0.777. The van der Waals surface area contributed by atoms with Gasteiger partial charge in [0.05, 0.1) is 5.92 Å². The Morgan fingerprint density at radius 1 is 1.50 bits per heavy atom. The Balaban J connectivity index is 4.87. The molecule has 5 heteroatoms. The standard InChI is InChI=1S/C9H9NO4/c1-2-3-6(8(11)12)4-7(5-10)9(13)14/h2,4,6H,1,3H2,(H,11,12)(H,13,14). The summed E-state index contributed by atoms with van der Waals surface area (Å²) in [4.78, 5) is 21.0. The Bertz CT molecular complexity index is 324. The molecule has 0 heterocycles. The lowest BCUT2D eigenvalue weighted by molar-refractivity contribution is -0.139. The molecule has 0 fully saturated rings. The molecule has 0 amide bonds. The van der Waals surface area contributed by atoms with Crippen molar-refractivity contribution in [3.05, 3.63) is 24.3 Å². The van der Waals surface area contributed by atoms with E-state index in [-0.39, 0.29) is 6.42 Å². The van der Waals surface area contributed by atoms with Crippen molar-refractivity contribution < 1.29 is 19.8 Å². The van der Waals surface area contributed by atoms with Crippen LogP contribution in [0.3, 0.4) is 0 Å².